The highest BCUT2D eigenvalue weighted by molar-refractivity contribution is 5.72. The molecule has 2 rings (SSSR count). The number of carbonyl (C=O) groups excluding carboxylic acids is 1. The molecule has 0 aromatic heterocycles. The summed E-state index contributed by atoms with van der Waals surface area (Å²) in [4.78, 5) is 14.2. The third-order valence-electron chi connectivity index (χ3n) is 3.90. The summed E-state index contributed by atoms with van der Waals surface area (Å²) in [7, 11) is 0. The lowest BCUT2D eigenvalue weighted by atomic mass is 9.95. The average molecular weight is 261 g/mol. The van der Waals surface area contributed by atoms with E-state index in [4.69, 9.17) is 4.74 Å². The highest BCUT2D eigenvalue weighted by atomic mass is 16.5. The number of hydrogen-bond acceptors (Lipinski definition) is 3. The Balaban J connectivity index is 1.99. The van der Waals surface area contributed by atoms with Crippen LogP contribution in [0, 0.1) is 5.92 Å². The van der Waals surface area contributed by atoms with Gasteiger partial charge in [-0.15, -0.1) is 0 Å². The Bertz CT molecular complexity index is 404. The zero-order valence-corrected chi connectivity index (χ0v) is 11.8. The molecular weight excluding hydrogens is 238 g/mol. The van der Waals surface area contributed by atoms with Crippen molar-refractivity contribution in [2.75, 3.05) is 19.7 Å². The molecule has 1 aromatic carbocycles. The second-order valence-corrected chi connectivity index (χ2v) is 5.17. The predicted octanol–water partition coefficient (Wildman–Crippen LogP) is 3.02. The van der Waals surface area contributed by atoms with Gasteiger partial charge in [0.25, 0.3) is 0 Å². The molecule has 2 atom stereocenters. The molecule has 1 saturated heterocycles. The fraction of sp³-hybridized carbons (Fsp3) is 0.562. The van der Waals surface area contributed by atoms with Crippen molar-refractivity contribution in [3.63, 3.8) is 0 Å². The molecule has 0 amide bonds. The van der Waals surface area contributed by atoms with Crippen LogP contribution in [-0.2, 0) is 9.53 Å². The first-order valence-corrected chi connectivity index (χ1v) is 7.18. The van der Waals surface area contributed by atoms with Crippen molar-refractivity contribution in [1.29, 1.82) is 0 Å². The molecule has 0 radical (unpaired) electrons. The Kier molecular flexibility index (Phi) is 4.97. The number of rotatable bonds is 4. The molecule has 1 aromatic rings. The Morgan fingerprint density at radius 1 is 1.42 bits per heavy atom. The van der Waals surface area contributed by atoms with Gasteiger partial charge in [0, 0.05) is 12.6 Å². The number of esters is 1. The van der Waals surface area contributed by atoms with Crippen LogP contribution in [0.4, 0.5) is 0 Å². The lowest BCUT2D eigenvalue weighted by Gasteiger charge is -2.36. The third-order valence-corrected chi connectivity index (χ3v) is 3.90. The quantitative estimate of drug-likeness (QED) is 0.780. The highest BCUT2D eigenvalue weighted by Gasteiger charge is 2.29. The van der Waals surface area contributed by atoms with Gasteiger partial charge in [-0.25, -0.2) is 0 Å². The van der Waals surface area contributed by atoms with Crippen molar-refractivity contribution >= 4 is 5.97 Å². The van der Waals surface area contributed by atoms with E-state index in [1.165, 1.54) is 5.56 Å². The summed E-state index contributed by atoms with van der Waals surface area (Å²) in [5.74, 6) is 0.00678. The Hall–Kier alpha value is -1.35. The zero-order chi connectivity index (χ0) is 13.7. The SMILES string of the molecule is CCOC(=O)[C@@H]1CCCN(C(C)c2ccccc2)C1. The van der Waals surface area contributed by atoms with Crippen molar-refractivity contribution in [3.05, 3.63) is 35.9 Å². The van der Waals surface area contributed by atoms with Crippen LogP contribution in [0.5, 0.6) is 0 Å². The maximum absolute atomic E-state index is 11.9. The molecule has 3 nitrogen and oxygen atoms in total. The smallest absolute Gasteiger partial charge is 0.310 e. The van der Waals surface area contributed by atoms with E-state index in [9.17, 15) is 4.79 Å². The molecule has 0 N–H and O–H groups in total. The van der Waals surface area contributed by atoms with Gasteiger partial charge in [0.15, 0.2) is 0 Å². The topological polar surface area (TPSA) is 29.5 Å². The molecule has 19 heavy (non-hydrogen) atoms. The third kappa shape index (κ3) is 3.57. The van der Waals surface area contributed by atoms with Gasteiger partial charge in [0.05, 0.1) is 12.5 Å². The molecule has 0 bridgehead atoms. The van der Waals surface area contributed by atoms with Crippen LogP contribution < -0.4 is 0 Å². The first-order valence-electron chi connectivity index (χ1n) is 7.18. The maximum Gasteiger partial charge on any atom is 0.310 e. The van der Waals surface area contributed by atoms with Crippen LogP contribution in [0.2, 0.25) is 0 Å². The summed E-state index contributed by atoms with van der Waals surface area (Å²) >= 11 is 0. The van der Waals surface area contributed by atoms with E-state index in [0.717, 1.165) is 25.9 Å². The number of piperidine rings is 1. The van der Waals surface area contributed by atoms with Gasteiger partial charge in [-0.2, -0.15) is 0 Å². The lowest BCUT2D eigenvalue weighted by molar-refractivity contribution is -0.150. The van der Waals surface area contributed by atoms with E-state index >= 15 is 0 Å². The van der Waals surface area contributed by atoms with Crippen molar-refractivity contribution in [1.82, 2.24) is 4.90 Å². The minimum Gasteiger partial charge on any atom is -0.466 e. The van der Waals surface area contributed by atoms with Gasteiger partial charge in [-0.1, -0.05) is 30.3 Å². The highest BCUT2D eigenvalue weighted by Crippen LogP contribution is 2.26. The molecule has 1 unspecified atom stereocenters. The fourth-order valence-electron chi connectivity index (χ4n) is 2.75. The van der Waals surface area contributed by atoms with Crippen molar-refractivity contribution in [2.45, 2.75) is 32.7 Å². The van der Waals surface area contributed by atoms with Crippen molar-refractivity contribution in [2.24, 2.45) is 5.92 Å². The van der Waals surface area contributed by atoms with Crippen LogP contribution >= 0.6 is 0 Å². The van der Waals surface area contributed by atoms with E-state index < -0.39 is 0 Å². The number of benzene rings is 1. The van der Waals surface area contributed by atoms with Gasteiger partial charge < -0.3 is 4.74 Å². The Labute approximate surface area is 115 Å². The molecule has 0 aliphatic carbocycles. The standard InChI is InChI=1S/C16H23NO2/c1-3-19-16(18)15-10-7-11-17(12-15)13(2)14-8-5-4-6-9-14/h4-6,8-9,13,15H,3,7,10-12H2,1-2H3/t13?,15-/m1/s1. The molecular formula is C16H23NO2. The molecule has 0 spiro atoms. The van der Waals surface area contributed by atoms with Crippen LogP contribution in [0.15, 0.2) is 30.3 Å². The molecule has 1 fully saturated rings. The van der Waals surface area contributed by atoms with Gasteiger partial charge in [0.1, 0.15) is 0 Å². The van der Waals surface area contributed by atoms with E-state index in [0.29, 0.717) is 12.6 Å². The normalized spacial score (nSPS) is 21.9. The van der Waals surface area contributed by atoms with Crippen LogP contribution in [-0.4, -0.2) is 30.6 Å². The van der Waals surface area contributed by atoms with E-state index in [-0.39, 0.29) is 11.9 Å². The largest absolute Gasteiger partial charge is 0.466 e. The summed E-state index contributed by atoms with van der Waals surface area (Å²) in [6, 6.07) is 10.8. The predicted molar refractivity (Wildman–Crippen MR) is 75.8 cm³/mol. The van der Waals surface area contributed by atoms with Crippen molar-refractivity contribution < 1.29 is 9.53 Å². The molecule has 1 aliphatic rings. The van der Waals surface area contributed by atoms with Crippen LogP contribution in [0.3, 0.4) is 0 Å². The molecule has 1 aliphatic heterocycles. The number of hydrogen-bond donors (Lipinski definition) is 0. The number of carbonyl (C=O) groups is 1. The summed E-state index contributed by atoms with van der Waals surface area (Å²) < 4.78 is 5.15. The van der Waals surface area contributed by atoms with Gasteiger partial charge in [0.2, 0.25) is 0 Å². The van der Waals surface area contributed by atoms with Crippen LogP contribution in [0.1, 0.15) is 38.3 Å². The minimum atomic E-state index is -0.0348. The Morgan fingerprint density at radius 2 is 2.16 bits per heavy atom. The lowest BCUT2D eigenvalue weighted by Crippen LogP contribution is -2.40. The first-order chi connectivity index (χ1) is 9.22. The average Bonchev–Trinajstić information content (AvgIpc) is 2.48. The van der Waals surface area contributed by atoms with Gasteiger partial charge >= 0.3 is 5.97 Å². The molecule has 1 heterocycles. The van der Waals surface area contributed by atoms with Crippen LogP contribution in [0.25, 0.3) is 0 Å². The minimum absolute atomic E-state index is 0.0348. The van der Waals surface area contributed by atoms with E-state index in [1.807, 2.05) is 13.0 Å². The van der Waals surface area contributed by atoms with Gasteiger partial charge in [-0.05, 0) is 38.8 Å². The summed E-state index contributed by atoms with van der Waals surface area (Å²) in [5.41, 5.74) is 1.31. The zero-order valence-electron chi connectivity index (χ0n) is 11.8. The second-order valence-electron chi connectivity index (χ2n) is 5.17. The first kappa shape index (κ1) is 14.1. The van der Waals surface area contributed by atoms with Gasteiger partial charge in [-0.3, -0.25) is 9.69 Å². The Morgan fingerprint density at radius 3 is 2.84 bits per heavy atom. The summed E-state index contributed by atoms with van der Waals surface area (Å²) in [6.07, 6.45) is 2.03. The fourth-order valence-corrected chi connectivity index (χ4v) is 2.75. The number of ether oxygens (including phenoxy) is 1. The molecule has 3 heteroatoms. The van der Waals surface area contributed by atoms with Crippen molar-refractivity contribution in [3.8, 4) is 0 Å². The van der Waals surface area contributed by atoms with E-state index in [1.54, 1.807) is 0 Å². The summed E-state index contributed by atoms with van der Waals surface area (Å²) in [5, 5.41) is 0. The molecule has 0 saturated carbocycles. The second kappa shape index (κ2) is 6.71. The number of likely N-dealkylation sites (tertiary alicyclic amines) is 1. The summed E-state index contributed by atoms with van der Waals surface area (Å²) in [6.45, 7) is 6.43. The van der Waals surface area contributed by atoms with E-state index in [2.05, 4.69) is 36.1 Å². The monoisotopic (exact) mass is 261 g/mol. The number of nitrogens with zero attached hydrogens (tertiary/aromatic N) is 1. The maximum atomic E-state index is 11.9. The molecule has 104 valence electrons.